The van der Waals surface area contributed by atoms with E-state index in [1.54, 1.807) is 6.92 Å². The molecule has 2 amide bonds. The Bertz CT molecular complexity index is 576. The van der Waals surface area contributed by atoms with Gasteiger partial charge in [-0.05, 0) is 31.2 Å². The summed E-state index contributed by atoms with van der Waals surface area (Å²) in [4.78, 5) is 26.2. The predicted molar refractivity (Wildman–Crippen MR) is 95.9 cm³/mol. The topological polar surface area (TPSA) is 58.6 Å². The first-order chi connectivity index (χ1) is 12.1. The normalized spacial score (nSPS) is 20.4. The van der Waals surface area contributed by atoms with Gasteiger partial charge in [-0.2, -0.15) is 0 Å². The third-order valence-corrected chi connectivity index (χ3v) is 5.17. The molecule has 1 aromatic carbocycles. The Kier molecular flexibility index (Phi) is 6.08. The lowest BCUT2D eigenvalue weighted by Crippen LogP contribution is -2.47. The van der Waals surface area contributed by atoms with Gasteiger partial charge in [-0.25, -0.2) is 0 Å². The minimum Gasteiger partial charge on any atom is -0.360 e. The van der Waals surface area contributed by atoms with Crippen LogP contribution in [-0.4, -0.2) is 41.9 Å². The highest BCUT2D eigenvalue weighted by Gasteiger charge is 2.32. The van der Waals surface area contributed by atoms with Crippen LogP contribution < -0.4 is 5.32 Å². The molecule has 1 saturated heterocycles. The molecule has 0 radical (unpaired) electrons. The van der Waals surface area contributed by atoms with Crippen LogP contribution in [0.2, 0.25) is 0 Å². The average Bonchev–Trinajstić information content (AvgIpc) is 3.13. The lowest BCUT2D eigenvalue weighted by molar-refractivity contribution is -0.149. The van der Waals surface area contributed by atoms with Crippen molar-refractivity contribution in [2.75, 3.05) is 13.1 Å². The first-order valence-corrected chi connectivity index (χ1v) is 9.40. The van der Waals surface area contributed by atoms with Crippen molar-refractivity contribution in [2.24, 2.45) is 0 Å². The van der Waals surface area contributed by atoms with Gasteiger partial charge in [0, 0.05) is 26.1 Å². The van der Waals surface area contributed by atoms with E-state index in [-0.39, 0.29) is 24.0 Å². The first kappa shape index (κ1) is 17.9. The molecule has 0 aromatic heterocycles. The van der Waals surface area contributed by atoms with Crippen molar-refractivity contribution in [3.63, 3.8) is 0 Å². The van der Waals surface area contributed by atoms with E-state index in [1.165, 1.54) is 12.8 Å². The van der Waals surface area contributed by atoms with E-state index < -0.39 is 6.10 Å². The molecule has 5 heteroatoms. The van der Waals surface area contributed by atoms with Crippen LogP contribution in [0.4, 0.5) is 0 Å². The van der Waals surface area contributed by atoms with E-state index >= 15 is 0 Å². The van der Waals surface area contributed by atoms with Crippen LogP contribution in [0.25, 0.3) is 0 Å². The molecule has 1 atom stereocenters. The highest BCUT2D eigenvalue weighted by atomic mass is 16.5. The number of ether oxygens (including phenoxy) is 1. The molecule has 5 nitrogen and oxygen atoms in total. The number of carbonyl (C=O) groups excluding carboxylic acids is 2. The second kappa shape index (κ2) is 8.48. The molecule has 2 fully saturated rings. The van der Waals surface area contributed by atoms with Crippen LogP contribution in [0, 0.1) is 0 Å². The second-order valence-electron chi connectivity index (χ2n) is 7.13. The molecule has 1 unspecified atom stereocenters. The van der Waals surface area contributed by atoms with Crippen molar-refractivity contribution in [3.8, 4) is 0 Å². The van der Waals surface area contributed by atoms with E-state index in [1.807, 2.05) is 35.2 Å². The van der Waals surface area contributed by atoms with E-state index in [0.717, 1.165) is 31.2 Å². The molecule has 25 heavy (non-hydrogen) atoms. The standard InChI is InChI=1S/C20H28N2O3/c1-15(23)21-17-11-13-22(14-12-17)20(24)19(16-7-3-2-4-8-16)25-18-9-5-6-10-18/h2-4,7-8,17-19H,5-6,9-14H2,1H3,(H,21,23). The Morgan fingerprint density at radius 3 is 2.32 bits per heavy atom. The van der Waals surface area contributed by atoms with Gasteiger partial charge in [0.05, 0.1) is 6.10 Å². The van der Waals surface area contributed by atoms with Gasteiger partial charge in [0.25, 0.3) is 5.91 Å². The zero-order chi connectivity index (χ0) is 17.6. The summed E-state index contributed by atoms with van der Waals surface area (Å²) in [5.74, 6) is 0.0517. The number of rotatable bonds is 5. The lowest BCUT2D eigenvalue weighted by atomic mass is 10.0. The maximum atomic E-state index is 13.1. The third kappa shape index (κ3) is 4.82. The van der Waals surface area contributed by atoms with Crippen molar-refractivity contribution in [1.82, 2.24) is 10.2 Å². The minimum absolute atomic E-state index is 0.00324. The average molecular weight is 344 g/mol. The Balaban J connectivity index is 1.66. The zero-order valence-corrected chi connectivity index (χ0v) is 14.9. The Labute approximate surface area is 149 Å². The number of benzene rings is 1. The fourth-order valence-corrected chi connectivity index (χ4v) is 3.82. The summed E-state index contributed by atoms with van der Waals surface area (Å²) in [5, 5.41) is 2.95. The van der Waals surface area contributed by atoms with Gasteiger partial charge in [-0.3, -0.25) is 9.59 Å². The molecule has 0 bridgehead atoms. The molecule has 1 N–H and O–H groups in total. The number of hydrogen-bond donors (Lipinski definition) is 1. The van der Waals surface area contributed by atoms with Crippen molar-refractivity contribution < 1.29 is 14.3 Å². The smallest absolute Gasteiger partial charge is 0.256 e. The Hall–Kier alpha value is -1.88. The second-order valence-corrected chi connectivity index (χ2v) is 7.13. The molecule has 1 aromatic rings. The monoisotopic (exact) mass is 344 g/mol. The van der Waals surface area contributed by atoms with E-state index in [9.17, 15) is 9.59 Å². The number of nitrogens with zero attached hydrogens (tertiary/aromatic N) is 1. The Morgan fingerprint density at radius 1 is 1.08 bits per heavy atom. The van der Waals surface area contributed by atoms with Crippen LogP contribution >= 0.6 is 0 Å². The fraction of sp³-hybridized carbons (Fsp3) is 0.600. The van der Waals surface area contributed by atoms with Gasteiger partial charge < -0.3 is 15.0 Å². The van der Waals surface area contributed by atoms with Crippen molar-refractivity contribution >= 4 is 11.8 Å². The van der Waals surface area contributed by atoms with Crippen LogP contribution in [0.1, 0.15) is 57.1 Å². The molecule has 1 aliphatic carbocycles. The molecule has 1 aliphatic heterocycles. The number of amides is 2. The van der Waals surface area contributed by atoms with Crippen molar-refractivity contribution in [1.29, 1.82) is 0 Å². The molecular formula is C20H28N2O3. The number of hydrogen-bond acceptors (Lipinski definition) is 3. The number of likely N-dealkylation sites (tertiary alicyclic amines) is 1. The maximum Gasteiger partial charge on any atom is 0.256 e. The summed E-state index contributed by atoms with van der Waals surface area (Å²) >= 11 is 0. The molecule has 0 spiro atoms. The van der Waals surface area contributed by atoms with Gasteiger partial charge in [0.1, 0.15) is 0 Å². The fourth-order valence-electron chi connectivity index (χ4n) is 3.82. The summed E-state index contributed by atoms with van der Waals surface area (Å²) in [5.41, 5.74) is 0.934. The lowest BCUT2D eigenvalue weighted by Gasteiger charge is -2.35. The van der Waals surface area contributed by atoms with Gasteiger partial charge >= 0.3 is 0 Å². The molecular weight excluding hydrogens is 316 g/mol. The van der Waals surface area contributed by atoms with Gasteiger partial charge in [0.2, 0.25) is 5.91 Å². The zero-order valence-electron chi connectivity index (χ0n) is 14.9. The highest BCUT2D eigenvalue weighted by Crippen LogP contribution is 2.30. The van der Waals surface area contributed by atoms with Crippen LogP contribution in [0.3, 0.4) is 0 Å². The quantitative estimate of drug-likeness (QED) is 0.893. The predicted octanol–water partition coefficient (Wildman–Crippen LogP) is 2.81. The molecule has 136 valence electrons. The van der Waals surface area contributed by atoms with Crippen LogP contribution in [0.15, 0.2) is 30.3 Å². The van der Waals surface area contributed by atoms with Crippen molar-refractivity contribution in [3.05, 3.63) is 35.9 Å². The van der Waals surface area contributed by atoms with E-state index in [0.29, 0.717) is 13.1 Å². The van der Waals surface area contributed by atoms with Gasteiger partial charge in [-0.1, -0.05) is 43.2 Å². The summed E-state index contributed by atoms with van der Waals surface area (Å²) in [6, 6.07) is 9.99. The third-order valence-electron chi connectivity index (χ3n) is 5.17. The number of carbonyl (C=O) groups is 2. The Morgan fingerprint density at radius 2 is 1.72 bits per heavy atom. The summed E-state index contributed by atoms with van der Waals surface area (Å²) < 4.78 is 6.24. The van der Waals surface area contributed by atoms with Crippen molar-refractivity contribution in [2.45, 2.75) is 63.7 Å². The first-order valence-electron chi connectivity index (χ1n) is 9.40. The maximum absolute atomic E-state index is 13.1. The van der Waals surface area contributed by atoms with Crippen LogP contribution in [0.5, 0.6) is 0 Å². The summed E-state index contributed by atoms with van der Waals surface area (Å²) in [6.07, 6.45) is 5.73. The largest absolute Gasteiger partial charge is 0.360 e. The minimum atomic E-state index is -0.512. The van der Waals surface area contributed by atoms with Gasteiger partial charge in [-0.15, -0.1) is 0 Å². The SMILES string of the molecule is CC(=O)NC1CCN(C(=O)C(OC2CCCC2)c2ccccc2)CC1. The molecule has 1 heterocycles. The van der Waals surface area contributed by atoms with Gasteiger partial charge in [0.15, 0.2) is 6.10 Å². The van der Waals surface area contributed by atoms with E-state index in [2.05, 4.69) is 5.32 Å². The highest BCUT2D eigenvalue weighted by molar-refractivity contribution is 5.82. The molecule has 1 saturated carbocycles. The van der Waals surface area contributed by atoms with E-state index in [4.69, 9.17) is 4.74 Å². The van der Waals surface area contributed by atoms with Crippen LogP contribution in [-0.2, 0) is 14.3 Å². The number of nitrogens with one attached hydrogen (secondary N) is 1. The summed E-state index contributed by atoms with van der Waals surface area (Å²) in [7, 11) is 0. The summed E-state index contributed by atoms with van der Waals surface area (Å²) in [6.45, 7) is 2.88. The number of piperidine rings is 1. The molecule has 3 rings (SSSR count). The molecule has 2 aliphatic rings.